The summed E-state index contributed by atoms with van der Waals surface area (Å²) in [5.41, 5.74) is 4.21. The predicted octanol–water partition coefficient (Wildman–Crippen LogP) is 4.38. The monoisotopic (exact) mass is 374 g/mol. The van der Waals surface area contributed by atoms with E-state index in [1.165, 1.54) is 0 Å². The summed E-state index contributed by atoms with van der Waals surface area (Å²) < 4.78 is 13.0. The first kappa shape index (κ1) is 17.9. The summed E-state index contributed by atoms with van der Waals surface area (Å²) in [6, 6.07) is 17.0. The molecular formula is C22H22N4O2. The van der Waals surface area contributed by atoms with Gasteiger partial charge in [-0.1, -0.05) is 24.3 Å². The number of nitrogens with zero attached hydrogens (tertiary/aromatic N) is 4. The molecule has 0 unspecified atom stereocenters. The van der Waals surface area contributed by atoms with Crippen LogP contribution in [0.1, 0.15) is 16.8 Å². The van der Waals surface area contributed by atoms with E-state index in [-0.39, 0.29) is 0 Å². The van der Waals surface area contributed by atoms with E-state index in [1.807, 2.05) is 35.9 Å². The molecule has 0 saturated carbocycles. The molecule has 2 heterocycles. The van der Waals surface area contributed by atoms with Gasteiger partial charge >= 0.3 is 0 Å². The van der Waals surface area contributed by atoms with Crippen LogP contribution in [0.5, 0.6) is 5.75 Å². The van der Waals surface area contributed by atoms with Crippen LogP contribution in [0.2, 0.25) is 0 Å². The van der Waals surface area contributed by atoms with E-state index in [0.717, 1.165) is 28.3 Å². The van der Waals surface area contributed by atoms with Gasteiger partial charge in [-0.05, 0) is 42.3 Å². The van der Waals surface area contributed by atoms with E-state index < -0.39 is 0 Å². The minimum atomic E-state index is 0.605. The van der Waals surface area contributed by atoms with Crippen molar-refractivity contribution < 1.29 is 9.15 Å². The number of aromatic nitrogens is 3. The third-order valence-corrected chi connectivity index (χ3v) is 4.47. The molecule has 0 fully saturated rings. The summed E-state index contributed by atoms with van der Waals surface area (Å²) in [4.78, 5) is 10.8. The molecule has 142 valence electrons. The smallest absolute Gasteiger partial charge is 0.298 e. The lowest BCUT2D eigenvalue weighted by atomic mass is 10.1. The molecule has 6 heteroatoms. The first-order valence-electron chi connectivity index (χ1n) is 9.08. The summed E-state index contributed by atoms with van der Waals surface area (Å²) in [7, 11) is 1.68. The molecule has 28 heavy (non-hydrogen) atoms. The number of hydrogen-bond donors (Lipinski definition) is 0. The Kier molecular flexibility index (Phi) is 5.10. The maximum Gasteiger partial charge on any atom is 0.298 e. The number of imidazole rings is 1. The lowest BCUT2D eigenvalue weighted by Gasteiger charge is -2.21. The highest BCUT2D eigenvalue weighted by Crippen LogP contribution is 2.22. The minimum Gasteiger partial charge on any atom is -0.497 e. The van der Waals surface area contributed by atoms with Gasteiger partial charge < -0.3 is 18.6 Å². The fourth-order valence-electron chi connectivity index (χ4n) is 3.12. The van der Waals surface area contributed by atoms with Crippen molar-refractivity contribution in [3.05, 3.63) is 90.3 Å². The van der Waals surface area contributed by atoms with Gasteiger partial charge in [-0.15, -0.1) is 0 Å². The van der Waals surface area contributed by atoms with Gasteiger partial charge in [-0.2, -0.15) is 4.98 Å². The molecule has 2 aromatic heterocycles. The van der Waals surface area contributed by atoms with Crippen molar-refractivity contribution in [3.8, 4) is 11.4 Å². The molecule has 4 rings (SSSR count). The lowest BCUT2D eigenvalue weighted by molar-refractivity contribution is 0.414. The molecule has 0 bridgehead atoms. The van der Waals surface area contributed by atoms with Gasteiger partial charge in [0, 0.05) is 31.2 Å². The van der Waals surface area contributed by atoms with E-state index in [2.05, 4.69) is 45.2 Å². The third kappa shape index (κ3) is 4.06. The summed E-state index contributed by atoms with van der Waals surface area (Å²) >= 11 is 0. The third-order valence-electron chi connectivity index (χ3n) is 4.47. The van der Waals surface area contributed by atoms with Gasteiger partial charge in [0.25, 0.3) is 6.01 Å². The minimum absolute atomic E-state index is 0.605. The van der Waals surface area contributed by atoms with Crippen molar-refractivity contribution in [3.63, 3.8) is 0 Å². The van der Waals surface area contributed by atoms with Crippen LogP contribution in [0.15, 0.2) is 77.9 Å². The maximum absolute atomic E-state index is 5.70. The maximum atomic E-state index is 5.70. The average molecular weight is 374 g/mol. The zero-order chi connectivity index (χ0) is 19.3. The molecule has 0 aliphatic heterocycles. The normalized spacial score (nSPS) is 10.8. The highest BCUT2D eigenvalue weighted by molar-refractivity contribution is 5.40. The van der Waals surface area contributed by atoms with Crippen molar-refractivity contribution >= 4 is 6.01 Å². The first-order chi connectivity index (χ1) is 13.7. The van der Waals surface area contributed by atoms with Gasteiger partial charge in [-0.3, -0.25) is 0 Å². The number of hydrogen-bond acceptors (Lipinski definition) is 5. The number of rotatable bonds is 7. The molecular weight excluding hydrogens is 352 g/mol. The van der Waals surface area contributed by atoms with E-state index in [1.54, 1.807) is 25.9 Å². The number of methoxy groups -OCH3 is 1. The second kappa shape index (κ2) is 8.00. The van der Waals surface area contributed by atoms with Crippen LogP contribution in [0, 0.1) is 6.92 Å². The number of aryl methyl sites for hydroxylation is 1. The summed E-state index contributed by atoms with van der Waals surface area (Å²) in [6.45, 7) is 3.25. The van der Waals surface area contributed by atoms with Crippen LogP contribution in [0.4, 0.5) is 6.01 Å². The first-order valence-corrected chi connectivity index (χ1v) is 9.08. The zero-order valence-electron chi connectivity index (χ0n) is 15.9. The lowest BCUT2D eigenvalue weighted by Crippen LogP contribution is -2.22. The fourth-order valence-corrected chi connectivity index (χ4v) is 3.12. The van der Waals surface area contributed by atoms with Crippen molar-refractivity contribution in [1.29, 1.82) is 0 Å². The number of oxazole rings is 1. The van der Waals surface area contributed by atoms with Crippen LogP contribution in [-0.2, 0) is 13.1 Å². The largest absolute Gasteiger partial charge is 0.497 e. The Balaban J connectivity index is 1.62. The molecule has 0 N–H and O–H groups in total. The van der Waals surface area contributed by atoms with Crippen molar-refractivity contribution in [2.24, 2.45) is 0 Å². The second-order valence-electron chi connectivity index (χ2n) is 6.62. The van der Waals surface area contributed by atoms with Crippen LogP contribution in [0.25, 0.3) is 5.69 Å². The average Bonchev–Trinajstić information content (AvgIpc) is 3.40. The molecule has 0 amide bonds. The number of anilines is 1. The van der Waals surface area contributed by atoms with Crippen LogP contribution in [-0.4, -0.2) is 21.6 Å². The molecule has 0 aliphatic carbocycles. The summed E-state index contributed by atoms with van der Waals surface area (Å²) in [6.07, 6.45) is 7.18. The summed E-state index contributed by atoms with van der Waals surface area (Å²) in [5, 5.41) is 0. The molecule has 0 spiro atoms. The Morgan fingerprint density at radius 1 is 1.07 bits per heavy atom. The van der Waals surface area contributed by atoms with Crippen LogP contribution < -0.4 is 9.64 Å². The molecule has 0 radical (unpaired) electrons. The predicted molar refractivity (Wildman–Crippen MR) is 108 cm³/mol. The quantitative estimate of drug-likeness (QED) is 0.480. The molecule has 0 atom stereocenters. The molecule has 6 nitrogen and oxygen atoms in total. The Labute approximate surface area is 164 Å². The number of benzene rings is 2. The fraction of sp³-hybridized carbons (Fsp3) is 0.182. The molecule has 2 aromatic carbocycles. The SMILES string of the molecule is COc1cccc(CN(Cc2cccc(-n3ccnc3)c2)c2nc(C)co2)c1. The Morgan fingerprint density at radius 2 is 1.86 bits per heavy atom. The van der Waals surface area contributed by atoms with E-state index in [4.69, 9.17) is 9.15 Å². The zero-order valence-corrected chi connectivity index (χ0v) is 15.9. The van der Waals surface area contributed by atoms with Gasteiger partial charge in [0.2, 0.25) is 0 Å². The molecule has 0 aliphatic rings. The van der Waals surface area contributed by atoms with E-state index >= 15 is 0 Å². The van der Waals surface area contributed by atoms with Crippen molar-refractivity contribution in [1.82, 2.24) is 14.5 Å². The van der Waals surface area contributed by atoms with E-state index in [9.17, 15) is 0 Å². The highest BCUT2D eigenvalue weighted by Gasteiger charge is 2.14. The Hall–Kier alpha value is -3.54. The Morgan fingerprint density at radius 3 is 2.54 bits per heavy atom. The van der Waals surface area contributed by atoms with Gasteiger partial charge in [-0.25, -0.2) is 4.98 Å². The summed E-state index contributed by atoms with van der Waals surface area (Å²) in [5.74, 6) is 0.836. The number of ether oxygens (including phenoxy) is 1. The van der Waals surface area contributed by atoms with Gasteiger partial charge in [0.1, 0.15) is 12.0 Å². The molecule has 0 saturated heterocycles. The Bertz CT molecular complexity index is 1040. The van der Waals surface area contributed by atoms with Crippen LogP contribution in [0.3, 0.4) is 0 Å². The second-order valence-corrected chi connectivity index (χ2v) is 6.62. The van der Waals surface area contributed by atoms with Gasteiger partial charge in [0.05, 0.1) is 19.1 Å². The van der Waals surface area contributed by atoms with Crippen molar-refractivity contribution in [2.75, 3.05) is 12.0 Å². The highest BCUT2D eigenvalue weighted by atomic mass is 16.5. The standard InChI is InChI=1S/C22H22N4O2/c1-17-15-28-22(24-17)26(14-19-6-4-8-21(12-19)27-2)13-18-5-3-7-20(11-18)25-10-9-23-16-25/h3-12,15-16H,13-14H2,1-2H3. The van der Waals surface area contributed by atoms with Crippen molar-refractivity contribution in [2.45, 2.75) is 20.0 Å². The molecule has 4 aromatic rings. The van der Waals surface area contributed by atoms with E-state index in [0.29, 0.717) is 19.1 Å². The van der Waals surface area contributed by atoms with Crippen LogP contribution >= 0.6 is 0 Å². The topological polar surface area (TPSA) is 56.3 Å². The van der Waals surface area contributed by atoms with Gasteiger partial charge in [0.15, 0.2) is 0 Å².